The first-order valence-corrected chi connectivity index (χ1v) is 7.75. The predicted molar refractivity (Wildman–Crippen MR) is 93.9 cm³/mol. The summed E-state index contributed by atoms with van der Waals surface area (Å²) in [5.41, 5.74) is 3.88. The van der Waals surface area contributed by atoms with Gasteiger partial charge in [0, 0.05) is 15.6 Å². The van der Waals surface area contributed by atoms with Crippen LogP contribution in [0.3, 0.4) is 0 Å². The molecule has 0 aromatic heterocycles. The van der Waals surface area contributed by atoms with Crippen LogP contribution in [0, 0.1) is 6.92 Å². The lowest BCUT2D eigenvalue weighted by atomic mass is 10.2. The summed E-state index contributed by atoms with van der Waals surface area (Å²) in [6.45, 7) is 1.70. The molecule has 23 heavy (non-hydrogen) atoms. The fraction of sp³-hybridized carbons (Fsp3) is 0.125. The monoisotopic (exact) mass is 370 g/mol. The number of aryl methyl sites for hydroxylation is 1. The molecule has 0 unspecified atom stereocenters. The average Bonchev–Trinajstić information content (AvgIpc) is 2.50. The summed E-state index contributed by atoms with van der Waals surface area (Å²) in [6.07, 6.45) is 1.43. The molecule has 0 saturated heterocycles. The maximum Gasteiger partial charge on any atom is 0.277 e. The molecule has 0 fully saturated rings. The van der Waals surface area contributed by atoms with Crippen molar-refractivity contribution in [3.8, 4) is 5.75 Å². The summed E-state index contributed by atoms with van der Waals surface area (Å²) >= 11 is 17.7. The number of halogens is 3. The van der Waals surface area contributed by atoms with Gasteiger partial charge in [0.1, 0.15) is 5.75 Å². The highest BCUT2D eigenvalue weighted by molar-refractivity contribution is 6.36. The lowest BCUT2D eigenvalue weighted by Crippen LogP contribution is -2.24. The standard InChI is InChI=1S/C16H13Cl3N2O2/c1-10-6-13(4-5-14(10)18)23-9-16(22)21-20-8-11-2-3-12(17)7-15(11)19/h2-8H,9H2,1H3,(H,21,22)/b20-8+. The van der Waals surface area contributed by atoms with Gasteiger partial charge in [0.05, 0.1) is 11.2 Å². The highest BCUT2D eigenvalue weighted by Gasteiger charge is 2.03. The van der Waals surface area contributed by atoms with Crippen LogP contribution < -0.4 is 10.2 Å². The van der Waals surface area contributed by atoms with Crippen molar-refractivity contribution in [3.63, 3.8) is 0 Å². The topological polar surface area (TPSA) is 50.7 Å². The van der Waals surface area contributed by atoms with Gasteiger partial charge in [-0.15, -0.1) is 0 Å². The van der Waals surface area contributed by atoms with Crippen molar-refractivity contribution in [1.29, 1.82) is 0 Å². The van der Waals surface area contributed by atoms with Crippen LogP contribution in [-0.4, -0.2) is 18.7 Å². The number of ether oxygens (including phenoxy) is 1. The van der Waals surface area contributed by atoms with Crippen LogP contribution >= 0.6 is 34.8 Å². The van der Waals surface area contributed by atoms with E-state index in [1.165, 1.54) is 6.21 Å². The predicted octanol–water partition coefficient (Wildman–Crippen LogP) is 4.48. The van der Waals surface area contributed by atoms with Crippen LogP contribution in [0.2, 0.25) is 15.1 Å². The zero-order valence-corrected chi connectivity index (χ0v) is 14.4. The van der Waals surface area contributed by atoms with Crippen molar-refractivity contribution in [2.75, 3.05) is 6.61 Å². The van der Waals surface area contributed by atoms with E-state index in [1.54, 1.807) is 36.4 Å². The minimum Gasteiger partial charge on any atom is -0.484 e. The van der Waals surface area contributed by atoms with E-state index < -0.39 is 0 Å². The van der Waals surface area contributed by atoms with Gasteiger partial charge in [-0.05, 0) is 42.8 Å². The molecule has 7 heteroatoms. The molecular formula is C16H13Cl3N2O2. The fourth-order valence-corrected chi connectivity index (χ4v) is 2.24. The van der Waals surface area contributed by atoms with Crippen LogP contribution in [0.4, 0.5) is 0 Å². The lowest BCUT2D eigenvalue weighted by molar-refractivity contribution is -0.123. The summed E-state index contributed by atoms with van der Waals surface area (Å²) in [4.78, 5) is 11.7. The maximum absolute atomic E-state index is 11.7. The van der Waals surface area contributed by atoms with Crippen molar-refractivity contribution < 1.29 is 9.53 Å². The normalized spacial score (nSPS) is 10.8. The first kappa shape index (κ1) is 17.6. The molecule has 1 amide bonds. The van der Waals surface area contributed by atoms with E-state index in [0.717, 1.165) is 5.56 Å². The molecule has 0 spiro atoms. The first-order chi connectivity index (χ1) is 11.0. The number of carbonyl (C=O) groups excluding carboxylic acids is 1. The number of nitrogens with one attached hydrogen (secondary N) is 1. The third-order valence-corrected chi connectivity index (χ3v) is 3.84. The number of benzene rings is 2. The molecule has 0 aliphatic rings. The second-order valence-electron chi connectivity index (χ2n) is 4.66. The molecule has 2 rings (SSSR count). The SMILES string of the molecule is Cc1cc(OCC(=O)N/N=C/c2ccc(Cl)cc2Cl)ccc1Cl. The highest BCUT2D eigenvalue weighted by atomic mass is 35.5. The Morgan fingerprint density at radius 3 is 2.65 bits per heavy atom. The van der Waals surface area contributed by atoms with Gasteiger partial charge in [0.2, 0.25) is 0 Å². The van der Waals surface area contributed by atoms with Crippen molar-refractivity contribution in [1.82, 2.24) is 5.43 Å². The van der Waals surface area contributed by atoms with E-state index in [0.29, 0.717) is 26.4 Å². The Hall–Kier alpha value is -1.75. The van der Waals surface area contributed by atoms with E-state index in [1.807, 2.05) is 6.92 Å². The Morgan fingerprint density at radius 1 is 1.17 bits per heavy atom. The summed E-state index contributed by atoms with van der Waals surface area (Å²) in [5, 5.41) is 5.45. The number of amides is 1. The van der Waals surface area contributed by atoms with Gasteiger partial charge in [-0.1, -0.05) is 40.9 Å². The first-order valence-electron chi connectivity index (χ1n) is 6.61. The van der Waals surface area contributed by atoms with Crippen LogP contribution in [0.5, 0.6) is 5.75 Å². The van der Waals surface area contributed by atoms with Crippen molar-refractivity contribution in [2.45, 2.75) is 6.92 Å². The van der Waals surface area contributed by atoms with Gasteiger partial charge in [-0.2, -0.15) is 5.10 Å². The van der Waals surface area contributed by atoms with E-state index in [2.05, 4.69) is 10.5 Å². The number of nitrogens with zero attached hydrogens (tertiary/aromatic N) is 1. The molecule has 0 atom stereocenters. The summed E-state index contributed by atoms with van der Waals surface area (Å²) in [5.74, 6) is 0.172. The van der Waals surface area contributed by atoms with Crippen molar-refractivity contribution in [3.05, 3.63) is 62.6 Å². The van der Waals surface area contributed by atoms with E-state index in [9.17, 15) is 4.79 Å². The van der Waals surface area contributed by atoms with Gasteiger partial charge >= 0.3 is 0 Å². The molecule has 0 aliphatic carbocycles. The largest absolute Gasteiger partial charge is 0.484 e. The minimum atomic E-state index is -0.390. The summed E-state index contributed by atoms with van der Waals surface area (Å²) in [6, 6.07) is 10.1. The third-order valence-electron chi connectivity index (χ3n) is 2.85. The molecule has 0 heterocycles. The smallest absolute Gasteiger partial charge is 0.277 e. The highest BCUT2D eigenvalue weighted by Crippen LogP contribution is 2.21. The summed E-state index contributed by atoms with van der Waals surface area (Å²) in [7, 11) is 0. The minimum absolute atomic E-state index is 0.160. The molecule has 0 radical (unpaired) electrons. The Morgan fingerprint density at radius 2 is 1.96 bits per heavy atom. The quantitative estimate of drug-likeness (QED) is 0.622. The van der Waals surface area contributed by atoms with E-state index >= 15 is 0 Å². The molecule has 1 N–H and O–H groups in total. The zero-order valence-electron chi connectivity index (χ0n) is 12.1. The van der Waals surface area contributed by atoms with Gasteiger partial charge in [-0.3, -0.25) is 4.79 Å². The van der Waals surface area contributed by atoms with Crippen LogP contribution in [-0.2, 0) is 4.79 Å². The van der Waals surface area contributed by atoms with E-state index in [4.69, 9.17) is 39.5 Å². The number of hydrazone groups is 1. The van der Waals surface area contributed by atoms with Crippen molar-refractivity contribution in [2.24, 2.45) is 5.10 Å². The third kappa shape index (κ3) is 5.43. The Balaban J connectivity index is 1.85. The van der Waals surface area contributed by atoms with Gasteiger partial charge in [0.15, 0.2) is 6.61 Å². The number of rotatable bonds is 5. The molecule has 0 bridgehead atoms. The molecule has 4 nitrogen and oxygen atoms in total. The number of carbonyl (C=O) groups is 1. The Bertz CT molecular complexity index is 748. The Kier molecular flexibility index (Phi) is 6.28. The van der Waals surface area contributed by atoms with Gasteiger partial charge in [0.25, 0.3) is 5.91 Å². The fourth-order valence-electron chi connectivity index (χ4n) is 1.67. The second-order valence-corrected chi connectivity index (χ2v) is 5.91. The lowest BCUT2D eigenvalue weighted by Gasteiger charge is -2.06. The zero-order chi connectivity index (χ0) is 16.8. The van der Waals surface area contributed by atoms with Gasteiger partial charge in [-0.25, -0.2) is 5.43 Å². The molecule has 2 aromatic carbocycles. The van der Waals surface area contributed by atoms with Gasteiger partial charge < -0.3 is 4.74 Å². The van der Waals surface area contributed by atoms with Crippen molar-refractivity contribution >= 4 is 46.9 Å². The Labute approximate surface area is 149 Å². The molecule has 120 valence electrons. The number of hydrogen-bond acceptors (Lipinski definition) is 3. The maximum atomic E-state index is 11.7. The van der Waals surface area contributed by atoms with Crippen LogP contribution in [0.1, 0.15) is 11.1 Å². The molecular weight excluding hydrogens is 359 g/mol. The number of hydrogen-bond donors (Lipinski definition) is 1. The molecule has 2 aromatic rings. The average molecular weight is 372 g/mol. The second kappa shape index (κ2) is 8.20. The molecule has 0 saturated carbocycles. The van der Waals surface area contributed by atoms with Crippen LogP contribution in [0.25, 0.3) is 0 Å². The summed E-state index contributed by atoms with van der Waals surface area (Å²) < 4.78 is 5.36. The van der Waals surface area contributed by atoms with Crippen LogP contribution in [0.15, 0.2) is 41.5 Å². The van der Waals surface area contributed by atoms with E-state index in [-0.39, 0.29) is 12.5 Å². The molecule has 0 aliphatic heterocycles.